The summed E-state index contributed by atoms with van der Waals surface area (Å²) in [6, 6.07) is 11.6. The number of aromatic hydroxyl groups is 1. The summed E-state index contributed by atoms with van der Waals surface area (Å²) in [5.41, 5.74) is 2.19. The van der Waals surface area contributed by atoms with E-state index in [1.807, 2.05) is 0 Å². The second kappa shape index (κ2) is 7.80. The van der Waals surface area contributed by atoms with Gasteiger partial charge in [0.15, 0.2) is 0 Å². The van der Waals surface area contributed by atoms with Crippen LogP contribution >= 0.6 is 0 Å². The van der Waals surface area contributed by atoms with Gasteiger partial charge in [-0.05, 0) is 54.7 Å². The zero-order valence-electron chi connectivity index (χ0n) is 15.1. The smallest absolute Gasteiger partial charge is 0.248 e. The highest BCUT2D eigenvalue weighted by Gasteiger charge is 2.26. The standard InChI is InChI=1S/C21H20FN3O3/c22-16-3-1-2-4-19(16)28-21-8-7-17(24-25-21)15-6-5-13(11-18(15)26)14-9-10-23-20(27)12-14/h5-12,16,19,26H,1-4H2,(H,23,27)/t16-,19+/m1/s1. The van der Waals surface area contributed by atoms with Crippen LogP contribution in [0.25, 0.3) is 22.4 Å². The topological polar surface area (TPSA) is 88.1 Å². The van der Waals surface area contributed by atoms with Gasteiger partial charge in [0.2, 0.25) is 11.4 Å². The van der Waals surface area contributed by atoms with Crippen LogP contribution in [0.5, 0.6) is 11.6 Å². The van der Waals surface area contributed by atoms with E-state index in [1.165, 1.54) is 6.07 Å². The summed E-state index contributed by atoms with van der Waals surface area (Å²) >= 11 is 0. The Bertz CT molecular complexity index is 1020. The van der Waals surface area contributed by atoms with Crippen LogP contribution in [0, 0.1) is 0 Å². The summed E-state index contributed by atoms with van der Waals surface area (Å²) in [7, 11) is 0. The Labute approximate surface area is 161 Å². The Morgan fingerprint density at radius 3 is 2.57 bits per heavy atom. The molecule has 1 aliphatic rings. The van der Waals surface area contributed by atoms with Crippen LogP contribution < -0.4 is 10.3 Å². The average Bonchev–Trinajstić information content (AvgIpc) is 2.70. The minimum absolute atomic E-state index is 0.0249. The van der Waals surface area contributed by atoms with Crippen LogP contribution in [0.3, 0.4) is 0 Å². The lowest BCUT2D eigenvalue weighted by Gasteiger charge is -2.25. The number of pyridine rings is 1. The van der Waals surface area contributed by atoms with E-state index < -0.39 is 12.3 Å². The largest absolute Gasteiger partial charge is 0.507 e. The first kappa shape index (κ1) is 18.2. The summed E-state index contributed by atoms with van der Waals surface area (Å²) < 4.78 is 19.5. The van der Waals surface area contributed by atoms with Crippen molar-refractivity contribution in [2.75, 3.05) is 0 Å². The van der Waals surface area contributed by atoms with Gasteiger partial charge in [-0.25, -0.2) is 4.39 Å². The highest BCUT2D eigenvalue weighted by molar-refractivity contribution is 5.73. The van der Waals surface area contributed by atoms with Gasteiger partial charge >= 0.3 is 0 Å². The monoisotopic (exact) mass is 381 g/mol. The molecular formula is C21H20FN3O3. The molecule has 6 nitrogen and oxygen atoms in total. The Morgan fingerprint density at radius 1 is 1.04 bits per heavy atom. The van der Waals surface area contributed by atoms with Crippen LogP contribution in [0.2, 0.25) is 0 Å². The molecule has 0 amide bonds. The number of H-pyrrole nitrogens is 1. The number of benzene rings is 1. The molecule has 0 saturated heterocycles. The average molecular weight is 381 g/mol. The predicted octanol–water partition coefficient (Wildman–Crippen LogP) is 3.86. The van der Waals surface area contributed by atoms with Crippen molar-refractivity contribution >= 4 is 0 Å². The number of phenols is 1. The molecule has 4 rings (SSSR count). The first-order valence-corrected chi connectivity index (χ1v) is 9.27. The summed E-state index contributed by atoms with van der Waals surface area (Å²) in [4.78, 5) is 14.0. The number of alkyl halides is 1. The van der Waals surface area contributed by atoms with E-state index in [0.29, 0.717) is 35.2 Å². The van der Waals surface area contributed by atoms with Crippen LogP contribution in [0.15, 0.2) is 53.5 Å². The lowest BCUT2D eigenvalue weighted by molar-refractivity contribution is 0.0594. The van der Waals surface area contributed by atoms with Crippen molar-refractivity contribution in [3.63, 3.8) is 0 Å². The van der Waals surface area contributed by atoms with Gasteiger partial charge in [-0.2, -0.15) is 0 Å². The molecule has 0 bridgehead atoms. The summed E-state index contributed by atoms with van der Waals surface area (Å²) in [5, 5.41) is 18.5. The Balaban J connectivity index is 1.53. The zero-order chi connectivity index (χ0) is 19.5. The van der Waals surface area contributed by atoms with Crippen molar-refractivity contribution < 1.29 is 14.2 Å². The second-order valence-electron chi connectivity index (χ2n) is 6.89. The van der Waals surface area contributed by atoms with Gasteiger partial charge in [0.25, 0.3) is 0 Å². The number of phenolic OH excluding ortho intramolecular Hbond substituents is 1. The zero-order valence-corrected chi connectivity index (χ0v) is 15.1. The molecule has 0 aliphatic heterocycles. The van der Waals surface area contributed by atoms with Crippen molar-refractivity contribution in [1.82, 2.24) is 15.2 Å². The molecule has 1 saturated carbocycles. The molecule has 3 aromatic rings. The van der Waals surface area contributed by atoms with Gasteiger partial charge in [-0.15, -0.1) is 10.2 Å². The predicted molar refractivity (Wildman–Crippen MR) is 103 cm³/mol. The van der Waals surface area contributed by atoms with E-state index >= 15 is 0 Å². The fourth-order valence-corrected chi connectivity index (χ4v) is 3.42. The van der Waals surface area contributed by atoms with Gasteiger partial charge in [0, 0.05) is 23.9 Å². The Hall–Kier alpha value is -3.22. The number of aromatic amines is 1. The molecule has 1 aromatic carbocycles. The number of hydrogen-bond acceptors (Lipinski definition) is 5. The minimum atomic E-state index is -0.975. The first-order valence-electron chi connectivity index (χ1n) is 9.27. The van der Waals surface area contributed by atoms with E-state index in [2.05, 4.69) is 15.2 Å². The van der Waals surface area contributed by atoms with Crippen LogP contribution in [-0.4, -0.2) is 32.6 Å². The fourth-order valence-electron chi connectivity index (χ4n) is 3.42. The quantitative estimate of drug-likeness (QED) is 0.716. The maximum atomic E-state index is 13.9. The summed E-state index contributed by atoms with van der Waals surface area (Å²) in [6.45, 7) is 0. The van der Waals surface area contributed by atoms with Crippen LogP contribution in [0.4, 0.5) is 4.39 Å². The summed E-state index contributed by atoms with van der Waals surface area (Å²) in [6.07, 6.45) is 3.13. The maximum absolute atomic E-state index is 13.9. The molecule has 1 aliphatic carbocycles. The SMILES string of the molecule is O=c1cc(-c2ccc(-c3ccc(O[C@H]4CCCC[C@H]4F)nn3)c(O)c2)cc[nH]1. The molecular weight excluding hydrogens is 361 g/mol. The number of halogens is 1. The van der Waals surface area contributed by atoms with E-state index in [9.17, 15) is 14.3 Å². The van der Waals surface area contributed by atoms with E-state index in [0.717, 1.165) is 12.8 Å². The van der Waals surface area contributed by atoms with Gasteiger partial charge in [-0.3, -0.25) is 4.79 Å². The van der Waals surface area contributed by atoms with Crippen LogP contribution in [0.1, 0.15) is 25.7 Å². The highest BCUT2D eigenvalue weighted by atomic mass is 19.1. The molecule has 0 radical (unpaired) electrons. The molecule has 144 valence electrons. The molecule has 2 atom stereocenters. The second-order valence-corrected chi connectivity index (χ2v) is 6.89. The highest BCUT2D eigenvalue weighted by Crippen LogP contribution is 2.32. The molecule has 1 fully saturated rings. The molecule has 0 spiro atoms. The van der Waals surface area contributed by atoms with Gasteiger partial charge in [0.1, 0.15) is 18.0 Å². The molecule has 2 aromatic heterocycles. The minimum Gasteiger partial charge on any atom is -0.507 e. The molecule has 28 heavy (non-hydrogen) atoms. The van der Waals surface area contributed by atoms with Gasteiger partial charge in [-0.1, -0.05) is 12.5 Å². The van der Waals surface area contributed by atoms with E-state index in [4.69, 9.17) is 4.74 Å². The Kier molecular flexibility index (Phi) is 5.06. The number of nitrogens with zero attached hydrogens (tertiary/aromatic N) is 2. The molecule has 7 heteroatoms. The van der Waals surface area contributed by atoms with E-state index in [1.54, 1.807) is 42.6 Å². The van der Waals surface area contributed by atoms with Gasteiger partial charge in [0.05, 0.1) is 5.69 Å². The van der Waals surface area contributed by atoms with Crippen molar-refractivity contribution in [3.8, 4) is 34.0 Å². The van der Waals surface area contributed by atoms with Crippen molar-refractivity contribution in [1.29, 1.82) is 0 Å². The number of hydrogen-bond donors (Lipinski definition) is 2. The fraction of sp³-hybridized carbons (Fsp3) is 0.286. The van der Waals surface area contributed by atoms with Crippen molar-refractivity contribution in [2.24, 2.45) is 0 Å². The number of rotatable bonds is 4. The van der Waals surface area contributed by atoms with Crippen LogP contribution in [-0.2, 0) is 0 Å². The van der Waals surface area contributed by atoms with Crippen molar-refractivity contribution in [3.05, 3.63) is 59.0 Å². The third-order valence-electron chi connectivity index (χ3n) is 4.92. The van der Waals surface area contributed by atoms with E-state index in [-0.39, 0.29) is 17.2 Å². The first-order chi connectivity index (χ1) is 13.6. The third kappa shape index (κ3) is 3.88. The third-order valence-corrected chi connectivity index (χ3v) is 4.92. The molecule has 2 N–H and O–H groups in total. The lowest BCUT2D eigenvalue weighted by atomic mass is 9.96. The summed E-state index contributed by atoms with van der Waals surface area (Å²) in [5.74, 6) is 0.301. The maximum Gasteiger partial charge on any atom is 0.248 e. The molecule has 0 unspecified atom stereocenters. The normalized spacial score (nSPS) is 19.3. The number of nitrogens with one attached hydrogen (secondary N) is 1. The Morgan fingerprint density at radius 2 is 1.86 bits per heavy atom. The van der Waals surface area contributed by atoms with Crippen molar-refractivity contribution in [2.45, 2.75) is 38.0 Å². The molecule has 2 heterocycles. The lowest BCUT2D eigenvalue weighted by Crippen LogP contribution is -2.32. The van der Waals surface area contributed by atoms with Gasteiger partial charge < -0.3 is 14.8 Å². The number of aromatic nitrogens is 3. The number of ether oxygens (including phenoxy) is 1.